The fourth-order valence-electron chi connectivity index (χ4n) is 4.13. The second kappa shape index (κ2) is 8.37. The lowest BCUT2D eigenvalue weighted by atomic mass is 9.92. The highest BCUT2D eigenvalue weighted by Gasteiger charge is 2.35. The highest BCUT2D eigenvalue weighted by molar-refractivity contribution is 5.81. The van der Waals surface area contributed by atoms with Crippen LogP contribution in [-0.4, -0.2) is 63.3 Å². The number of nitrogens with two attached hydrogens (primary N) is 1. The minimum absolute atomic E-state index is 0.121. The summed E-state index contributed by atoms with van der Waals surface area (Å²) in [6.07, 6.45) is 0.417. The monoisotopic (exact) mass is 434 g/mol. The van der Waals surface area contributed by atoms with Crippen molar-refractivity contribution in [1.82, 2.24) is 25.1 Å². The van der Waals surface area contributed by atoms with E-state index in [1.165, 1.54) is 0 Å². The zero-order chi connectivity index (χ0) is 22.2. The summed E-state index contributed by atoms with van der Waals surface area (Å²) in [7, 11) is 0. The van der Waals surface area contributed by atoms with E-state index in [-0.39, 0.29) is 18.9 Å². The molecule has 2 aromatic rings. The molecule has 0 bridgehead atoms. The predicted molar refractivity (Wildman–Crippen MR) is 113 cm³/mol. The molecule has 3 heterocycles. The molecule has 1 saturated heterocycles. The van der Waals surface area contributed by atoms with Crippen molar-refractivity contribution in [1.29, 1.82) is 0 Å². The van der Waals surface area contributed by atoms with Gasteiger partial charge in [-0.1, -0.05) is 0 Å². The molecule has 11 heteroatoms. The van der Waals surface area contributed by atoms with Crippen LogP contribution in [0.3, 0.4) is 0 Å². The van der Waals surface area contributed by atoms with Gasteiger partial charge in [-0.3, -0.25) is 4.79 Å². The minimum Gasteiger partial charge on any atom is -0.368 e. The number of amides is 1. The Hall–Kier alpha value is -2.82. The Balaban J connectivity index is 1.64. The third kappa shape index (κ3) is 4.92. The van der Waals surface area contributed by atoms with Crippen LogP contribution in [-0.2, 0) is 4.79 Å². The van der Waals surface area contributed by atoms with Crippen molar-refractivity contribution in [3.05, 3.63) is 23.5 Å². The third-order valence-corrected chi connectivity index (χ3v) is 5.82. The van der Waals surface area contributed by atoms with Gasteiger partial charge in [0.25, 0.3) is 0 Å². The first-order valence-electron chi connectivity index (χ1n) is 10.5. The van der Waals surface area contributed by atoms with Crippen molar-refractivity contribution in [3.63, 3.8) is 0 Å². The molecule has 1 atom stereocenters. The molecule has 1 aliphatic carbocycles. The molecule has 168 valence electrons. The lowest BCUT2D eigenvalue weighted by Crippen LogP contribution is -2.56. The van der Waals surface area contributed by atoms with Gasteiger partial charge in [-0.2, -0.15) is 15.1 Å². The van der Waals surface area contributed by atoms with E-state index in [1.54, 1.807) is 4.68 Å². The second-order valence-electron chi connectivity index (χ2n) is 8.38. The summed E-state index contributed by atoms with van der Waals surface area (Å²) < 4.78 is 28.8. The number of carbonyl (C=O) groups excluding carboxylic acids is 1. The van der Waals surface area contributed by atoms with Gasteiger partial charge in [0.1, 0.15) is 11.9 Å². The molecule has 1 saturated carbocycles. The summed E-state index contributed by atoms with van der Waals surface area (Å²) in [4.78, 5) is 22.9. The number of aryl methyl sites for hydroxylation is 2. The quantitative estimate of drug-likeness (QED) is 0.654. The van der Waals surface area contributed by atoms with Crippen LogP contribution in [0.1, 0.15) is 37.1 Å². The van der Waals surface area contributed by atoms with E-state index in [0.717, 1.165) is 11.4 Å². The average Bonchev–Trinajstić information content (AvgIpc) is 3.07. The third-order valence-electron chi connectivity index (χ3n) is 5.82. The molecule has 2 aliphatic rings. The number of alkyl halides is 2. The van der Waals surface area contributed by atoms with Gasteiger partial charge in [0.15, 0.2) is 5.82 Å². The first-order chi connectivity index (χ1) is 14.7. The zero-order valence-electron chi connectivity index (χ0n) is 17.7. The van der Waals surface area contributed by atoms with Crippen molar-refractivity contribution < 1.29 is 13.6 Å². The van der Waals surface area contributed by atoms with E-state index in [1.807, 2.05) is 30.9 Å². The molecular formula is C20H28F2N8O. The summed E-state index contributed by atoms with van der Waals surface area (Å²) >= 11 is 0. The Kier molecular flexibility index (Phi) is 5.78. The van der Waals surface area contributed by atoms with Gasteiger partial charge in [0.05, 0.1) is 5.69 Å². The molecule has 9 nitrogen and oxygen atoms in total. The summed E-state index contributed by atoms with van der Waals surface area (Å²) in [6.45, 7) is 5.46. The number of aromatic nitrogens is 4. The molecule has 4 rings (SSSR count). The van der Waals surface area contributed by atoms with E-state index in [0.29, 0.717) is 50.1 Å². The molecule has 31 heavy (non-hydrogen) atoms. The smallest absolute Gasteiger partial charge is 0.248 e. The Morgan fingerprint density at radius 1 is 1.23 bits per heavy atom. The van der Waals surface area contributed by atoms with Gasteiger partial charge in [0, 0.05) is 50.3 Å². The van der Waals surface area contributed by atoms with Crippen molar-refractivity contribution in [2.75, 3.05) is 29.9 Å². The first-order valence-corrected chi connectivity index (χ1v) is 10.5. The SMILES string of the molecule is Cc1cc(C)n(-c2cc(N3CCNC(C(N)=O)C3)nc(NC3CCC(F)(F)CC3)n2)n1. The highest BCUT2D eigenvalue weighted by Crippen LogP contribution is 2.34. The van der Waals surface area contributed by atoms with Crippen LogP contribution in [0.25, 0.3) is 5.82 Å². The number of rotatable bonds is 5. The van der Waals surface area contributed by atoms with Gasteiger partial charge < -0.3 is 21.3 Å². The maximum atomic E-state index is 13.5. The van der Waals surface area contributed by atoms with E-state index in [2.05, 4.69) is 25.7 Å². The number of halogens is 2. The number of anilines is 2. The average molecular weight is 434 g/mol. The molecular weight excluding hydrogens is 406 g/mol. The largest absolute Gasteiger partial charge is 0.368 e. The number of nitrogens with zero attached hydrogens (tertiary/aromatic N) is 5. The number of primary amides is 1. The summed E-state index contributed by atoms with van der Waals surface area (Å²) in [5.41, 5.74) is 7.25. The molecule has 0 spiro atoms. The fourth-order valence-corrected chi connectivity index (χ4v) is 4.13. The molecule has 1 aliphatic heterocycles. The van der Waals surface area contributed by atoms with Crippen LogP contribution in [0.2, 0.25) is 0 Å². The first kappa shape index (κ1) is 21.4. The van der Waals surface area contributed by atoms with Gasteiger partial charge in [-0.15, -0.1) is 0 Å². The summed E-state index contributed by atoms with van der Waals surface area (Å²) in [5.74, 6) is -1.44. The minimum atomic E-state index is -2.60. The van der Waals surface area contributed by atoms with Gasteiger partial charge in [-0.05, 0) is 32.8 Å². The Morgan fingerprint density at radius 2 is 1.94 bits per heavy atom. The van der Waals surface area contributed by atoms with Crippen LogP contribution in [0.4, 0.5) is 20.5 Å². The van der Waals surface area contributed by atoms with Crippen molar-refractivity contribution in [2.45, 2.75) is 57.5 Å². The maximum Gasteiger partial charge on any atom is 0.248 e. The molecule has 1 unspecified atom stereocenters. The topological polar surface area (TPSA) is 114 Å². The molecule has 2 aromatic heterocycles. The number of hydrogen-bond donors (Lipinski definition) is 3. The second-order valence-corrected chi connectivity index (χ2v) is 8.38. The van der Waals surface area contributed by atoms with E-state index in [4.69, 9.17) is 5.73 Å². The lowest BCUT2D eigenvalue weighted by Gasteiger charge is -2.33. The standard InChI is InChI=1S/C20H28F2N8O/c1-12-9-13(2)30(28-12)17-10-16(29-8-7-24-15(11-29)18(23)31)26-19(27-17)25-14-3-5-20(21,22)6-4-14/h9-10,14-15,24H,3-8,11H2,1-2H3,(H2,23,31)(H,25,26,27). The Morgan fingerprint density at radius 3 is 2.58 bits per heavy atom. The van der Waals surface area contributed by atoms with Crippen molar-refractivity contribution >= 4 is 17.7 Å². The molecule has 1 amide bonds. The van der Waals surface area contributed by atoms with Gasteiger partial charge in [0.2, 0.25) is 17.8 Å². The number of hydrogen-bond acceptors (Lipinski definition) is 7. The maximum absolute atomic E-state index is 13.5. The van der Waals surface area contributed by atoms with Crippen LogP contribution in [0.5, 0.6) is 0 Å². The number of nitrogens with one attached hydrogen (secondary N) is 2. The normalized spacial score (nSPS) is 21.8. The van der Waals surface area contributed by atoms with Crippen LogP contribution >= 0.6 is 0 Å². The number of carbonyl (C=O) groups is 1. The lowest BCUT2D eigenvalue weighted by molar-refractivity contribution is -0.120. The van der Waals surface area contributed by atoms with Crippen LogP contribution < -0.4 is 21.3 Å². The highest BCUT2D eigenvalue weighted by atomic mass is 19.3. The molecule has 2 fully saturated rings. The van der Waals surface area contributed by atoms with E-state index in [9.17, 15) is 13.6 Å². The Bertz CT molecular complexity index is 953. The summed E-state index contributed by atoms with van der Waals surface area (Å²) in [5, 5.41) is 10.9. The van der Waals surface area contributed by atoms with Crippen molar-refractivity contribution in [3.8, 4) is 5.82 Å². The van der Waals surface area contributed by atoms with Crippen LogP contribution in [0, 0.1) is 13.8 Å². The molecule has 0 aromatic carbocycles. The molecule has 0 radical (unpaired) electrons. The van der Waals surface area contributed by atoms with Gasteiger partial charge in [-0.25, -0.2) is 13.5 Å². The van der Waals surface area contributed by atoms with E-state index >= 15 is 0 Å². The number of piperazine rings is 1. The Labute approximate surface area is 179 Å². The predicted octanol–water partition coefficient (Wildman–Crippen LogP) is 1.53. The van der Waals surface area contributed by atoms with Crippen molar-refractivity contribution in [2.24, 2.45) is 5.73 Å². The fraction of sp³-hybridized carbons (Fsp3) is 0.600. The van der Waals surface area contributed by atoms with E-state index < -0.39 is 17.9 Å². The summed E-state index contributed by atoms with van der Waals surface area (Å²) in [6, 6.07) is 3.18. The molecule has 4 N–H and O–H groups in total. The van der Waals surface area contributed by atoms with Gasteiger partial charge >= 0.3 is 0 Å². The van der Waals surface area contributed by atoms with Crippen LogP contribution in [0.15, 0.2) is 12.1 Å². The zero-order valence-corrected chi connectivity index (χ0v) is 17.7.